The Labute approximate surface area is 182 Å². The second-order valence-electron chi connectivity index (χ2n) is 8.01. The van der Waals surface area contributed by atoms with E-state index in [9.17, 15) is 4.79 Å². The lowest BCUT2D eigenvalue weighted by Gasteiger charge is -2.25. The molecule has 0 unspecified atom stereocenters. The molecule has 0 radical (unpaired) electrons. The minimum Gasteiger partial charge on any atom is -0.355 e. The highest BCUT2D eigenvalue weighted by molar-refractivity contribution is 6.30. The number of nitrogens with zero attached hydrogens (tertiary/aromatic N) is 2. The quantitative estimate of drug-likeness (QED) is 0.612. The molecule has 2 aromatic carbocycles. The van der Waals surface area contributed by atoms with Gasteiger partial charge in [0, 0.05) is 23.2 Å². The summed E-state index contributed by atoms with van der Waals surface area (Å²) in [5.74, 6) is 0.374. The molecule has 1 aliphatic rings. The standard InChI is InChI=1S/C24H26ClN3O2/c1-28(2)22(17-9-11-20(25)12-10-17)15-26-24(29)21-14-23(30-27-21)19-8-7-16-5-3-4-6-18(16)13-19/h7-14,22H,3-6,15H2,1-2H3,(H,26,29)/t22-/m0/s1. The smallest absolute Gasteiger partial charge is 0.273 e. The third kappa shape index (κ3) is 4.58. The molecule has 1 N–H and O–H groups in total. The van der Waals surface area contributed by atoms with E-state index in [-0.39, 0.29) is 17.6 Å². The first-order valence-electron chi connectivity index (χ1n) is 10.3. The Kier molecular flexibility index (Phi) is 6.21. The minimum atomic E-state index is -0.247. The van der Waals surface area contributed by atoms with Crippen LogP contribution >= 0.6 is 11.6 Å². The minimum absolute atomic E-state index is 0.0261. The van der Waals surface area contributed by atoms with E-state index in [1.54, 1.807) is 6.07 Å². The third-order valence-corrected chi connectivity index (χ3v) is 5.96. The highest BCUT2D eigenvalue weighted by atomic mass is 35.5. The van der Waals surface area contributed by atoms with E-state index >= 15 is 0 Å². The summed E-state index contributed by atoms with van der Waals surface area (Å²) >= 11 is 5.99. The van der Waals surface area contributed by atoms with Gasteiger partial charge in [0.25, 0.3) is 5.91 Å². The number of hydrogen-bond acceptors (Lipinski definition) is 4. The van der Waals surface area contributed by atoms with Crippen molar-refractivity contribution in [3.05, 3.63) is 75.9 Å². The van der Waals surface area contributed by atoms with Crippen molar-refractivity contribution < 1.29 is 9.32 Å². The van der Waals surface area contributed by atoms with Gasteiger partial charge in [0.05, 0.1) is 6.04 Å². The molecule has 1 heterocycles. The topological polar surface area (TPSA) is 58.4 Å². The van der Waals surface area contributed by atoms with Crippen LogP contribution in [0.4, 0.5) is 0 Å². The molecule has 0 fully saturated rings. The van der Waals surface area contributed by atoms with Gasteiger partial charge in [0.2, 0.25) is 0 Å². The van der Waals surface area contributed by atoms with E-state index in [4.69, 9.17) is 16.1 Å². The van der Waals surface area contributed by atoms with Crippen molar-refractivity contribution in [3.8, 4) is 11.3 Å². The van der Waals surface area contributed by atoms with Gasteiger partial charge in [-0.05, 0) is 74.7 Å². The molecule has 6 heteroatoms. The van der Waals surface area contributed by atoms with Crippen LogP contribution in [0, 0.1) is 0 Å². The molecule has 0 spiro atoms. The van der Waals surface area contributed by atoms with E-state index in [0.29, 0.717) is 17.3 Å². The van der Waals surface area contributed by atoms with Gasteiger partial charge in [-0.2, -0.15) is 0 Å². The van der Waals surface area contributed by atoms with Crippen LogP contribution in [0.1, 0.15) is 46.1 Å². The zero-order valence-electron chi connectivity index (χ0n) is 17.3. The molecule has 30 heavy (non-hydrogen) atoms. The lowest BCUT2D eigenvalue weighted by Crippen LogP contribution is -2.34. The van der Waals surface area contributed by atoms with Gasteiger partial charge >= 0.3 is 0 Å². The van der Waals surface area contributed by atoms with Crippen molar-refractivity contribution in [2.24, 2.45) is 0 Å². The number of hydrogen-bond donors (Lipinski definition) is 1. The highest BCUT2D eigenvalue weighted by Gasteiger charge is 2.19. The van der Waals surface area contributed by atoms with E-state index in [0.717, 1.165) is 24.0 Å². The van der Waals surface area contributed by atoms with E-state index < -0.39 is 0 Å². The molecule has 0 bridgehead atoms. The molecule has 156 valence electrons. The first-order valence-corrected chi connectivity index (χ1v) is 10.7. The fourth-order valence-electron chi connectivity index (χ4n) is 3.97. The molecule has 3 aromatic rings. The van der Waals surface area contributed by atoms with E-state index in [2.05, 4.69) is 33.6 Å². The number of carbonyl (C=O) groups is 1. The first-order chi connectivity index (χ1) is 14.5. The van der Waals surface area contributed by atoms with Crippen LogP contribution in [0.25, 0.3) is 11.3 Å². The summed E-state index contributed by atoms with van der Waals surface area (Å²) in [6, 6.07) is 15.8. The van der Waals surface area contributed by atoms with Crippen molar-refractivity contribution in [3.63, 3.8) is 0 Å². The number of aromatic nitrogens is 1. The zero-order chi connectivity index (χ0) is 21.1. The zero-order valence-corrected chi connectivity index (χ0v) is 18.1. The number of amides is 1. The average Bonchev–Trinajstić information content (AvgIpc) is 3.25. The van der Waals surface area contributed by atoms with Gasteiger partial charge in [0.15, 0.2) is 11.5 Å². The maximum Gasteiger partial charge on any atom is 0.273 e. The molecular weight excluding hydrogens is 398 g/mol. The van der Waals surface area contributed by atoms with Crippen LogP contribution in [0.5, 0.6) is 0 Å². The number of nitrogens with one attached hydrogen (secondary N) is 1. The average molecular weight is 424 g/mol. The fraction of sp³-hybridized carbons (Fsp3) is 0.333. The third-order valence-electron chi connectivity index (χ3n) is 5.71. The Bertz CT molecular complexity index is 1030. The van der Waals surface area contributed by atoms with E-state index in [1.807, 2.05) is 38.4 Å². The van der Waals surface area contributed by atoms with Crippen LogP contribution in [0.2, 0.25) is 5.02 Å². The molecule has 4 rings (SSSR count). The van der Waals surface area contributed by atoms with Gasteiger partial charge in [-0.25, -0.2) is 0 Å². The molecule has 0 saturated carbocycles. The van der Waals surface area contributed by atoms with Crippen LogP contribution in [0.3, 0.4) is 0 Å². The van der Waals surface area contributed by atoms with Crippen molar-refractivity contribution in [2.45, 2.75) is 31.7 Å². The Hall–Kier alpha value is -2.63. The normalized spacial score (nSPS) is 14.4. The monoisotopic (exact) mass is 423 g/mol. The van der Waals surface area contributed by atoms with Crippen molar-refractivity contribution >= 4 is 17.5 Å². The largest absolute Gasteiger partial charge is 0.355 e. The van der Waals surface area contributed by atoms with Gasteiger partial charge in [0.1, 0.15) is 0 Å². The Morgan fingerprint density at radius 1 is 1.10 bits per heavy atom. The lowest BCUT2D eigenvalue weighted by molar-refractivity contribution is 0.0933. The van der Waals surface area contributed by atoms with Crippen LogP contribution in [-0.2, 0) is 12.8 Å². The van der Waals surface area contributed by atoms with Crippen molar-refractivity contribution in [2.75, 3.05) is 20.6 Å². The highest BCUT2D eigenvalue weighted by Crippen LogP contribution is 2.28. The second kappa shape index (κ2) is 9.02. The summed E-state index contributed by atoms with van der Waals surface area (Å²) in [4.78, 5) is 14.7. The molecule has 5 nitrogen and oxygen atoms in total. The fourth-order valence-corrected chi connectivity index (χ4v) is 4.09. The molecule has 1 atom stereocenters. The first kappa shape index (κ1) is 20.6. The van der Waals surface area contributed by atoms with Gasteiger partial charge in [-0.3, -0.25) is 4.79 Å². The number of halogens is 1. The van der Waals surface area contributed by atoms with Crippen LogP contribution < -0.4 is 5.32 Å². The molecule has 0 saturated heterocycles. The molecule has 1 aromatic heterocycles. The number of likely N-dealkylation sites (N-methyl/N-ethyl adjacent to an activating group) is 1. The predicted molar refractivity (Wildman–Crippen MR) is 119 cm³/mol. The van der Waals surface area contributed by atoms with Crippen molar-refractivity contribution in [1.82, 2.24) is 15.4 Å². The second-order valence-corrected chi connectivity index (χ2v) is 8.44. The molecule has 0 aliphatic heterocycles. The van der Waals surface area contributed by atoms with Gasteiger partial charge < -0.3 is 14.7 Å². The maximum atomic E-state index is 12.7. The molecule has 1 aliphatic carbocycles. The number of carbonyl (C=O) groups excluding carboxylic acids is 1. The van der Waals surface area contributed by atoms with E-state index in [1.165, 1.54) is 24.0 Å². The van der Waals surface area contributed by atoms with Crippen molar-refractivity contribution in [1.29, 1.82) is 0 Å². The number of fused-ring (bicyclic) bond motifs is 1. The lowest BCUT2D eigenvalue weighted by atomic mass is 9.90. The maximum absolute atomic E-state index is 12.7. The Balaban J connectivity index is 1.44. The summed E-state index contributed by atoms with van der Waals surface area (Å²) in [5.41, 5.74) is 5.13. The Morgan fingerprint density at radius 3 is 2.57 bits per heavy atom. The van der Waals surface area contributed by atoms with Gasteiger partial charge in [-0.15, -0.1) is 0 Å². The number of rotatable bonds is 6. The predicted octanol–water partition coefficient (Wildman–Crippen LogP) is 4.91. The Morgan fingerprint density at radius 2 is 1.83 bits per heavy atom. The summed E-state index contributed by atoms with van der Waals surface area (Å²) < 4.78 is 5.48. The summed E-state index contributed by atoms with van der Waals surface area (Å²) in [5, 5.41) is 7.66. The molecule has 1 amide bonds. The number of benzene rings is 2. The van der Waals surface area contributed by atoms with Crippen LogP contribution in [0.15, 0.2) is 53.1 Å². The van der Waals surface area contributed by atoms with Gasteiger partial charge in [-0.1, -0.05) is 41.0 Å². The summed E-state index contributed by atoms with van der Waals surface area (Å²) in [6.45, 7) is 0.453. The summed E-state index contributed by atoms with van der Waals surface area (Å²) in [6.07, 6.45) is 4.71. The SMILES string of the molecule is CN(C)[C@@H](CNC(=O)c1cc(-c2ccc3c(c2)CCCC3)on1)c1ccc(Cl)cc1. The molecular formula is C24H26ClN3O2. The summed E-state index contributed by atoms with van der Waals surface area (Å²) in [7, 11) is 3.96. The number of aryl methyl sites for hydroxylation is 2. The van der Waals surface area contributed by atoms with Crippen LogP contribution in [-0.4, -0.2) is 36.6 Å².